The molecule has 2 aromatic rings. The number of ether oxygens (including phenoxy) is 5. The fraction of sp³-hybridized carbons (Fsp3) is 0.659. The maximum absolute atomic E-state index is 16.8. The van der Waals surface area contributed by atoms with Crippen molar-refractivity contribution in [3.05, 3.63) is 36.2 Å². The van der Waals surface area contributed by atoms with E-state index < -0.39 is 95.3 Å². The lowest BCUT2D eigenvalue weighted by Crippen LogP contribution is -2.61. The first-order valence-electron chi connectivity index (χ1n) is 19.4. The summed E-state index contributed by atoms with van der Waals surface area (Å²) in [5, 5.41) is 18.2. The van der Waals surface area contributed by atoms with Crippen LogP contribution in [-0.2, 0) is 38.1 Å². The van der Waals surface area contributed by atoms with Crippen LogP contribution in [-0.4, -0.2) is 124 Å². The quantitative estimate of drug-likeness (QED) is 0.232. The number of likely N-dealkylation sites (N-methyl/N-ethyl adjacent to an activating group) is 1. The summed E-state index contributed by atoms with van der Waals surface area (Å²) < 4.78 is 52.7. The standard InChI is InChI=1S/C41H55FN4O11/c1-11-30-41(8)33(44-38(51)56-41)24(4)31(47)22(2)21-39(6,52-18-14-15-26-20-28(45-57-26)27-16-12-13-17-43-27)35(25(5)34(49)40(7,42)37(50)54-30)55-36-32(48)29(46(9)10)19-23(3)53-36/h12-13,16-17,20,22-25,29-30,32-33,35-36,48H,11,18-19,21H2,1-10H3,(H,44,51)/t22-,23-,24+,25+,29+,30-,32-,33-,35-,36+,39-,40?,41-/m1/s1. The largest absolute Gasteiger partial charge is 0.455 e. The van der Waals surface area contributed by atoms with Crippen LogP contribution in [0.2, 0.25) is 0 Å². The van der Waals surface area contributed by atoms with Gasteiger partial charge in [0.2, 0.25) is 5.76 Å². The minimum Gasteiger partial charge on any atom is -0.455 e. The Morgan fingerprint density at radius 2 is 1.79 bits per heavy atom. The number of alkyl carbamates (subject to hydrolysis) is 1. The van der Waals surface area contributed by atoms with E-state index in [-0.39, 0.29) is 31.0 Å². The Kier molecular flexibility index (Phi) is 13.3. The molecule has 2 N–H and O–H groups in total. The van der Waals surface area contributed by atoms with Gasteiger partial charge in [-0.25, -0.2) is 14.0 Å². The van der Waals surface area contributed by atoms with Crippen LogP contribution in [0.1, 0.15) is 80.4 Å². The Morgan fingerprint density at radius 3 is 2.44 bits per heavy atom. The molecule has 3 fully saturated rings. The van der Waals surface area contributed by atoms with Crippen molar-refractivity contribution in [1.29, 1.82) is 0 Å². The van der Waals surface area contributed by atoms with Gasteiger partial charge < -0.3 is 43.5 Å². The molecule has 16 heteroatoms. The zero-order chi connectivity index (χ0) is 42.0. The molecule has 0 aromatic carbocycles. The van der Waals surface area contributed by atoms with Gasteiger partial charge in [0.05, 0.1) is 29.5 Å². The third-order valence-corrected chi connectivity index (χ3v) is 11.6. The second-order valence-electron chi connectivity index (χ2n) is 16.3. The van der Waals surface area contributed by atoms with Gasteiger partial charge in [-0.1, -0.05) is 44.8 Å². The average Bonchev–Trinajstić information content (AvgIpc) is 3.77. The van der Waals surface area contributed by atoms with E-state index in [1.165, 1.54) is 13.8 Å². The smallest absolute Gasteiger partial charge is 0.408 e. The summed E-state index contributed by atoms with van der Waals surface area (Å²) in [5.74, 6) is -0.211. The lowest BCUT2D eigenvalue weighted by molar-refractivity contribution is -0.296. The molecule has 3 aliphatic rings. The van der Waals surface area contributed by atoms with Crippen LogP contribution >= 0.6 is 0 Å². The van der Waals surface area contributed by atoms with E-state index in [1.54, 1.807) is 66.2 Å². The van der Waals surface area contributed by atoms with Crippen molar-refractivity contribution in [3.8, 4) is 23.2 Å². The van der Waals surface area contributed by atoms with Gasteiger partial charge in [0.15, 0.2) is 17.7 Å². The number of alkyl halides is 1. The number of pyridine rings is 1. The molecule has 57 heavy (non-hydrogen) atoms. The summed E-state index contributed by atoms with van der Waals surface area (Å²) in [7, 11) is 3.61. The number of aromatic nitrogens is 2. The number of carbonyl (C=O) groups is 4. The molecule has 0 bridgehead atoms. The van der Waals surface area contributed by atoms with Gasteiger partial charge in [-0.3, -0.25) is 14.6 Å². The predicted molar refractivity (Wildman–Crippen MR) is 202 cm³/mol. The molecule has 312 valence electrons. The molecule has 5 heterocycles. The van der Waals surface area contributed by atoms with Crippen LogP contribution < -0.4 is 5.32 Å². The normalized spacial score (nSPS) is 38.0. The van der Waals surface area contributed by atoms with E-state index in [9.17, 15) is 24.3 Å². The third-order valence-electron chi connectivity index (χ3n) is 11.6. The van der Waals surface area contributed by atoms with E-state index in [1.807, 2.05) is 17.9 Å². The molecule has 0 aliphatic carbocycles. The number of esters is 1. The number of Topliss-reactive ketones (excluding diaryl/α,β-unsaturated/α-hetero) is 2. The third kappa shape index (κ3) is 9.08. The number of rotatable bonds is 7. The maximum atomic E-state index is 16.8. The van der Waals surface area contributed by atoms with Crippen molar-refractivity contribution in [2.45, 2.75) is 134 Å². The zero-order valence-corrected chi connectivity index (χ0v) is 34.2. The number of fused-ring (bicyclic) bond motifs is 1. The summed E-state index contributed by atoms with van der Waals surface area (Å²) in [4.78, 5) is 61.3. The van der Waals surface area contributed by atoms with Crippen LogP contribution in [0.25, 0.3) is 11.4 Å². The van der Waals surface area contributed by atoms with Crippen molar-refractivity contribution < 1.29 is 56.9 Å². The first-order chi connectivity index (χ1) is 26.7. The Hall–Kier alpha value is -4.27. The molecule has 1 unspecified atom stereocenters. The van der Waals surface area contributed by atoms with E-state index in [4.69, 9.17) is 28.2 Å². The fourth-order valence-electron chi connectivity index (χ4n) is 8.42. The molecule has 1 amide bonds. The number of aliphatic hydroxyl groups excluding tert-OH is 1. The molecule has 5 rings (SSSR count). The summed E-state index contributed by atoms with van der Waals surface area (Å²) >= 11 is 0. The van der Waals surface area contributed by atoms with Crippen molar-refractivity contribution in [1.82, 2.24) is 20.4 Å². The second kappa shape index (κ2) is 17.3. The number of carbonyl (C=O) groups excluding carboxylic acids is 4. The number of nitrogens with zero attached hydrogens (tertiary/aromatic N) is 3. The van der Waals surface area contributed by atoms with E-state index in [0.717, 1.165) is 6.92 Å². The van der Waals surface area contributed by atoms with Gasteiger partial charge in [0.1, 0.15) is 30.3 Å². The molecule has 2 aromatic heterocycles. The summed E-state index contributed by atoms with van der Waals surface area (Å²) in [6, 6.07) is 5.57. The van der Waals surface area contributed by atoms with Crippen LogP contribution in [0.15, 0.2) is 35.0 Å². The number of hydrogen-bond acceptors (Lipinski definition) is 14. The molecular formula is C41H55FN4O11. The Morgan fingerprint density at radius 1 is 1.07 bits per heavy atom. The molecule has 13 atom stereocenters. The van der Waals surface area contributed by atoms with Crippen molar-refractivity contribution >= 4 is 23.6 Å². The summed E-state index contributed by atoms with van der Waals surface area (Å²) in [6.45, 7) is 11.8. The van der Waals surface area contributed by atoms with Gasteiger partial charge in [-0.15, -0.1) is 0 Å². The van der Waals surface area contributed by atoms with E-state index in [0.29, 0.717) is 17.8 Å². The Balaban J connectivity index is 1.57. The minimum atomic E-state index is -3.22. The molecule has 0 saturated carbocycles. The maximum Gasteiger partial charge on any atom is 0.408 e. The Bertz CT molecular complexity index is 1850. The van der Waals surface area contributed by atoms with Crippen LogP contribution in [0.4, 0.5) is 9.18 Å². The first kappa shape index (κ1) is 43.8. The number of halogens is 1. The average molecular weight is 799 g/mol. The first-order valence-corrected chi connectivity index (χ1v) is 19.4. The zero-order valence-electron chi connectivity index (χ0n) is 34.2. The summed E-state index contributed by atoms with van der Waals surface area (Å²) in [5.41, 5.74) is -5.39. The fourth-order valence-corrected chi connectivity index (χ4v) is 8.42. The molecule has 3 aliphatic heterocycles. The lowest BCUT2D eigenvalue weighted by Gasteiger charge is -2.47. The van der Waals surface area contributed by atoms with Gasteiger partial charge in [-0.05, 0) is 79.1 Å². The highest BCUT2D eigenvalue weighted by molar-refractivity contribution is 6.08. The van der Waals surface area contributed by atoms with E-state index in [2.05, 4.69) is 27.3 Å². The topological polar surface area (TPSA) is 189 Å². The lowest BCUT2D eigenvalue weighted by atomic mass is 9.73. The van der Waals surface area contributed by atoms with Crippen LogP contribution in [0.3, 0.4) is 0 Å². The number of aliphatic hydroxyl groups is 1. The molecule has 0 radical (unpaired) electrons. The van der Waals surface area contributed by atoms with Crippen molar-refractivity contribution in [3.63, 3.8) is 0 Å². The molecule has 3 saturated heterocycles. The van der Waals surface area contributed by atoms with E-state index >= 15 is 4.39 Å². The monoisotopic (exact) mass is 798 g/mol. The Labute approximate surface area is 332 Å². The molecule has 0 spiro atoms. The molecular weight excluding hydrogens is 743 g/mol. The number of hydrogen-bond donors (Lipinski definition) is 2. The van der Waals surface area contributed by atoms with Gasteiger partial charge in [0.25, 0.3) is 5.67 Å². The van der Waals surface area contributed by atoms with Crippen LogP contribution in [0.5, 0.6) is 0 Å². The number of ketones is 2. The van der Waals surface area contributed by atoms with Gasteiger partial charge >= 0.3 is 12.1 Å². The predicted octanol–water partition coefficient (Wildman–Crippen LogP) is 4.04. The van der Waals surface area contributed by atoms with Gasteiger partial charge in [-0.2, -0.15) is 0 Å². The second-order valence-corrected chi connectivity index (χ2v) is 16.3. The highest BCUT2D eigenvalue weighted by Gasteiger charge is 2.59. The number of nitrogens with one attached hydrogen (secondary N) is 1. The molecule has 15 nitrogen and oxygen atoms in total. The summed E-state index contributed by atoms with van der Waals surface area (Å²) in [6.07, 6.45) is -4.37. The highest BCUT2D eigenvalue weighted by atomic mass is 19.1. The minimum absolute atomic E-state index is 0.0727. The number of amides is 1. The highest BCUT2D eigenvalue weighted by Crippen LogP contribution is 2.41. The SMILES string of the molecule is CC[C@H]1OC(=O)C(C)(F)C(=O)[C@H](C)[C@@H](O[C@@H]2O[C@H](C)C[C@H](N(C)C)[C@H]2O)[C@](C)(OCC#Cc2cc(-c3ccccn3)no2)C[C@@H](C)C(=O)[C@H](C)[C@H]2NC(=O)O[C@@]21C. The van der Waals surface area contributed by atoms with Gasteiger partial charge in [0, 0.05) is 36.1 Å². The number of cyclic esters (lactones) is 1. The van der Waals surface area contributed by atoms with Crippen molar-refractivity contribution in [2.24, 2.45) is 17.8 Å². The van der Waals surface area contributed by atoms with Crippen molar-refractivity contribution in [2.75, 3.05) is 20.7 Å². The van der Waals surface area contributed by atoms with Crippen LogP contribution in [0, 0.1) is 29.6 Å².